The molecule has 1 aromatic heterocycles. The molecule has 1 heterocycles. The highest BCUT2D eigenvalue weighted by atomic mass is 19.1. The number of hydrogen-bond donors (Lipinski definition) is 1. The molecule has 0 aliphatic heterocycles. The molecular formula is C14H17FN2. The first-order valence-electron chi connectivity index (χ1n) is 6.28. The Morgan fingerprint density at radius 3 is 2.94 bits per heavy atom. The van der Waals surface area contributed by atoms with E-state index < -0.39 is 0 Å². The highest BCUT2D eigenvalue weighted by Crippen LogP contribution is 2.24. The molecule has 0 bridgehead atoms. The number of benzene rings is 1. The highest BCUT2D eigenvalue weighted by molar-refractivity contribution is 5.84. The largest absolute Gasteiger partial charge is 0.347 e. The first kappa shape index (κ1) is 10.8. The lowest BCUT2D eigenvalue weighted by atomic mass is 10.2. The molecule has 1 aliphatic carbocycles. The summed E-state index contributed by atoms with van der Waals surface area (Å²) in [6.45, 7) is 3.85. The molecule has 17 heavy (non-hydrogen) atoms. The van der Waals surface area contributed by atoms with E-state index in [-0.39, 0.29) is 5.82 Å². The zero-order valence-electron chi connectivity index (χ0n) is 10.0. The third kappa shape index (κ3) is 2.07. The number of halogens is 1. The highest BCUT2D eigenvalue weighted by Gasteiger charge is 2.20. The Hall–Kier alpha value is -1.35. The molecule has 1 saturated carbocycles. The number of nitrogens with one attached hydrogen (secondary N) is 1. The Bertz CT molecular complexity index is 540. The summed E-state index contributed by atoms with van der Waals surface area (Å²) in [6, 6.07) is 5.76. The minimum Gasteiger partial charge on any atom is -0.347 e. The average molecular weight is 232 g/mol. The van der Waals surface area contributed by atoms with E-state index in [0.29, 0.717) is 6.04 Å². The fourth-order valence-corrected chi connectivity index (χ4v) is 2.29. The summed E-state index contributed by atoms with van der Waals surface area (Å²) >= 11 is 0. The van der Waals surface area contributed by atoms with Gasteiger partial charge in [0.15, 0.2) is 0 Å². The minimum atomic E-state index is -0.160. The van der Waals surface area contributed by atoms with Crippen molar-refractivity contribution in [1.82, 2.24) is 9.88 Å². The summed E-state index contributed by atoms with van der Waals surface area (Å²) in [4.78, 5) is 0. The van der Waals surface area contributed by atoms with Crippen LogP contribution in [-0.4, -0.2) is 10.6 Å². The zero-order valence-corrected chi connectivity index (χ0v) is 10.0. The van der Waals surface area contributed by atoms with Crippen LogP contribution in [-0.2, 0) is 13.1 Å². The maximum absolute atomic E-state index is 13.3. The van der Waals surface area contributed by atoms with Gasteiger partial charge in [-0.25, -0.2) is 4.39 Å². The van der Waals surface area contributed by atoms with Gasteiger partial charge < -0.3 is 9.88 Å². The molecule has 1 N–H and O–H groups in total. The minimum absolute atomic E-state index is 0.160. The smallest absolute Gasteiger partial charge is 0.125 e. The fraction of sp³-hybridized carbons (Fsp3) is 0.429. The SMILES string of the molecule is CCn1cc(CNC2CC2)c2ccc(F)cc21. The normalized spacial score (nSPS) is 15.6. The van der Waals surface area contributed by atoms with Crippen LogP contribution in [0, 0.1) is 5.82 Å². The van der Waals surface area contributed by atoms with E-state index in [4.69, 9.17) is 0 Å². The van der Waals surface area contributed by atoms with Crippen molar-refractivity contribution < 1.29 is 4.39 Å². The van der Waals surface area contributed by atoms with Gasteiger partial charge in [-0.15, -0.1) is 0 Å². The summed E-state index contributed by atoms with van der Waals surface area (Å²) in [6.07, 6.45) is 4.72. The lowest BCUT2D eigenvalue weighted by Crippen LogP contribution is -2.14. The third-order valence-corrected chi connectivity index (χ3v) is 3.43. The van der Waals surface area contributed by atoms with Crippen molar-refractivity contribution in [3.63, 3.8) is 0 Å². The van der Waals surface area contributed by atoms with Crippen molar-refractivity contribution in [1.29, 1.82) is 0 Å². The van der Waals surface area contributed by atoms with Crippen molar-refractivity contribution in [2.24, 2.45) is 0 Å². The van der Waals surface area contributed by atoms with Crippen LogP contribution < -0.4 is 5.32 Å². The molecule has 1 aliphatic rings. The standard InChI is InChI=1S/C14H17FN2/c1-2-17-9-10(8-16-12-4-5-12)13-6-3-11(15)7-14(13)17/h3,6-7,9,12,16H,2,4-5,8H2,1H3. The van der Waals surface area contributed by atoms with E-state index >= 15 is 0 Å². The van der Waals surface area contributed by atoms with E-state index in [0.717, 1.165) is 18.6 Å². The predicted octanol–water partition coefficient (Wildman–Crippen LogP) is 3.05. The second kappa shape index (κ2) is 4.15. The number of rotatable bonds is 4. The van der Waals surface area contributed by atoms with Crippen molar-refractivity contribution in [2.75, 3.05) is 0 Å². The van der Waals surface area contributed by atoms with Crippen molar-refractivity contribution in [3.05, 3.63) is 35.8 Å². The maximum Gasteiger partial charge on any atom is 0.125 e. The summed E-state index contributed by atoms with van der Waals surface area (Å²) in [5.41, 5.74) is 2.27. The topological polar surface area (TPSA) is 17.0 Å². The molecule has 1 aromatic carbocycles. The van der Waals surface area contributed by atoms with Gasteiger partial charge in [-0.2, -0.15) is 0 Å². The second-order valence-electron chi connectivity index (χ2n) is 4.76. The van der Waals surface area contributed by atoms with Gasteiger partial charge in [-0.3, -0.25) is 0 Å². The van der Waals surface area contributed by atoms with E-state index in [1.54, 1.807) is 12.1 Å². The zero-order chi connectivity index (χ0) is 11.8. The Labute approximate surface area is 100 Å². The van der Waals surface area contributed by atoms with Crippen LogP contribution in [0.25, 0.3) is 10.9 Å². The van der Waals surface area contributed by atoms with Crippen LogP contribution >= 0.6 is 0 Å². The van der Waals surface area contributed by atoms with Crippen LogP contribution in [0.4, 0.5) is 4.39 Å². The molecule has 0 unspecified atom stereocenters. The molecule has 0 spiro atoms. The van der Waals surface area contributed by atoms with Crippen LogP contribution in [0.1, 0.15) is 25.3 Å². The molecule has 0 atom stereocenters. The van der Waals surface area contributed by atoms with Gasteiger partial charge in [0.2, 0.25) is 0 Å². The molecule has 3 rings (SSSR count). The van der Waals surface area contributed by atoms with Crippen LogP contribution in [0.2, 0.25) is 0 Å². The molecule has 2 nitrogen and oxygen atoms in total. The van der Waals surface area contributed by atoms with Gasteiger partial charge in [0.25, 0.3) is 0 Å². The Balaban J connectivity index is 1.98. The van der Waals surface area contributed by atoms with E-state index in [1.807, 2.05) is 6.07 Å². The van der Waals surface area contributed by atoms with Crippen LogP contribution in [0.5, 0.6) is 0 Å². The summed E-state index contributed by atoms with van der Waals surface area (Å²) in [5.74, 6) is -0.160. The number of nitrogens with zero attached hydrogens (tertiary/aromatic N) is 1. The van der Waals surface area contributed by atoms with E-state index in [1.165, 1.54) is 23.8 Å². The third-order valence-electron chi connectivity index (χ3n) is 3.43. The second-order valence-corrected chi connectivity index (χ2v) is 4.76. The Kier molecular flexibility index (Phi) is 2.63. The first-order valence-corrected chi connectivity index (χ1v) is 6.28. The Morgan fingerprint density at radius 2 is 2.24 bits per heavy atom. The van der Waals surface area contributed by atoms with Gasteiger partial charge >= 0.3 is 0 Å². The van der Waals surface area contributed by atoms with E-state index in [9.17, 15) is 4.39 Å². The van der Waals surface area contributed by atoms with Crippen molar-refractivity contribution in [2.45, 2.75) is 38.9 Å². The lowest BCUT2D eigenvalue weighted by molar-refractivity contribution is 0.628. The quantitative estimate of drug-likeness (QED) is 0.857. The van der Waals surface area contributed by atoms with Gasteiger partial charge in [-0.05, 0) is 43.5 Å². The van der Waals surface area contributed by atoms with Gasteiger partial charge in [0.1, 0.15) is 5.82 Å². The fourth-order valence-electron chi connectivity index (χ4n) is 2.29. The molecule has 3 heteroatoms. The number of hydrogen-bond acceptors (Lipinski definition) is 1. The molecule has 2 aromatic rings. The first-order chi connectivity index (χ1) is 8.28. The molecule has 0 radical (unpaired) electrons. The van der Waals surface area contributed by atoms with Crippen molar-refractivity contribution >= 4 is 10.9 Å². The van der Waals surface area contributed by atoms with Crippen LogP contribution in [0.15, 0.2) is 24.4 Å². The van der Waals surface area contributed by atoms with Gasteiger partial charge in [0.05, 0.1) is 5.52 Å². The molecule has 90 valence electrons. The van der Waals surface area contributed by atoms with Gasteiger partial charge in [0, 0.05) is 30.7 Å². The van der Waals surface area contributed by atoms with E-state index in [2.05, 4.69) is 23.0 Å². The molecular weight excluding hydrogens is 215 g/mol. The molecule has 0 saturated heterocycles. The number of aromatic nitrogens is 1. The molecule has 0 amide bonds. The summed E-state index contributed by atoms with van der Waals surface area (Å²) in [5, 5.41) is 4.68. The van der Waals surface area contributed by atoms with Gasteiger partial charge in [-0.1, -0.05) is 0 Å². The molecule has 1 fully saturated rings. The number of fused-ring (bicyclic) bond motifs is 1. The summed E-state index contributed by atoms with van der Waals surface area (Å²) < 4.78 is 15.4. The predicted molar refractivity (Wildman–Crippen MR) is 67.4 cm³/mol. The monoisotopic (exact) mass is 232 g/mol. The van der Waals surface area contributed by atoms with Crippen LogP contribution in [0.3, 0.4) is 0 Å². The Morgan fingerprint density at radius 1 is 1.41 bits per heavy atom. The maximum atomic E-state index is 13.3. The lowest BCUT2D eigenvalue weighted by Gasteiger charge is -2.00. The summed E-state index contributed by atoms with van der Waals surface area (Å²) in [7, 11) is 0. The van der Waals surface area contributed by atoms with Crippen molar-refractivity contribution in [3.8, 4) is 0 Å². The average Bonchev–Trinajstić information content (AvgIpc) is 3.09. The number of aryl methyl sites for hydroxylation is 1.